The van der Waals surface area contributed by atoms with Gasteiger partial charge in [0.15, 0.2) is 5.69 Å². The molecule has 0 atom stereocenters. The number of nitrogens with zero attached hydrogens (tertiary/aromatic N) is 4. The molecule has 0 spiro atoms. The predicted molar refractivity (Wildman–Crippen MR) is 120 cm³/mol. The third-order valence-corrected chi connectivity index (χ3v) is 6.09. The maximum absolute atomic E-state index is 12.5. The molecule has 0 amide bonds. The number of hydrogen-bond acceptors (Lipinski definition) is 5. The molecule has 0 radical (unpaired) electrons. The summed E-state index contributed by atoms with van der Waals surface area (Å²) in [6.07, 6.45) is 0. The molecule has 1 fully saturated rings. The van der Waals surface area contributed by atoms with Crippen molar-refractivity contribution < 1.29 is 9.53 Å². The van der Waals surface area contributed by atoms with Crippen LogP contribution in [0, 0.1) is 6.92 Å². The summed E-state index contributed by atoms with van der Waals surface area (Å²) in [6.45, 7) is 7.69. The van der Waals surface area contributed by atoms with Gasteiger partial charge in [-0.2, -0.15) is 5.10 Å². The van der Waals surface area contributed by atoms with Gasteiger partial charge in [-0.25, -0.2) is 4.79 Å². The lowest BCUT2D eigenvalue weighted by Crippen LogP contribution is -2.45. The number of aryl methyl sites for hydroxylation is 1. The Labute approximate surface area is 182 Å². The first kappa shape index (κ1) is 20.8. The highest BCUT2D eigenvalue weighted by Gasteiger charge is 2.21. The summed E-state index contributed by atoms with van der Waals surface area (Å²) >= 11 is 6.46. The van der Waals surface area contributed by atoms with E-state index in [0.717, 1.165) is 60.3 Å². The topological polar surface area (TPSA) is 50.6 Å². The molecule has 2 heterocycles. The van der Waals surface area contributed by atoms with Crippen molar-refractivity contribution in [3.05, 3.63) is 52.7 Å². The molecule has 3 aromatic rings. The second-order valence-electron chi connectivity index (χ2n) is 7.92. The lowest BCUT2D eigenvalue weighted by molar-refractivity contribution is 0.0587. The molecule has 1 saturated heterocycles. The number of ether oxygens (including phenoxy) is 1. The Balaban J connectivity index is 1.66. The summed E-state index contributed by atoms with van der Waals surface area (Å²) in [5.41, 5.74) is 4.32. The fourth-order valence-corrected chi connectivity index (χ4v) is 4.28. The zero-order valence-corrected chi connectivity index (χ0v) is 18.4. The van der Waals surface area contributed by atoms with Crippen LogP contribution in [0.1, 0.15) is 16.1 Å². The number of esters is 1. The molecule has 0 aliphatic carbocycles. The lowest BCUT2D eigenvalue weighted by Gasteiger charge is -2.32. The molecule has 0 unspecified atom stereocenters. The van der Waals surface area contributed by atoms with Gasteiger partial charge in [-0.15, -0.1) is 0 Å². The van der Waals surface area contributed by atoms with Crippen molar-refractivity contribution in [2.45, 2.75) is 13.5 Å². The van der Waals surface area contributed by atoms with Crippen molar-refractivity contribution in [2.75, 3.05) is 46.9 Å². The van der Waals surface area contributed by atoms with E-state index in [1.165, 1.54) is 7.11 Å². The second kappa shape index (κ2) is 8.76. The van der Waals surface area contributed by atoms with Crippen molar-refractivity contribution in [3.8, 4) is 11.1 Å². The quantitative estimate of drug-likeness (QED) is 0.582. The van der Waals surface area contributed by atoms with E-state index in [2.05, 4.69) is 16.8 Å². The first-order valence-corrected chi connectivity index (χ1v) is 10.6. The van der Waals surface area contributed by atoms with Crippen LogP contribution in [0.15, 0.2) is 36.4 Å². The van der Waals surface area contributed by atoms with Gasteiger partial charge < -0.3 is 9.64 Å². The second-order valence-corrected chi connectivity index (χ2v) is 8.33. The van der Waals surface area contributed by atoms with Gasteiger partial charge in [-0.3, -0.25) is 9.58 Å². The highest BCUT2D eigenvalue weighted by atomic mass is 35.5. The number of methoxy groups -OCH3 is 1. The van der Waals surface area contributed by atoms with Gasteiger partial charge in [0.25, 0.3) is 0 Å². The van der Waals surface area contributed by atoms with E-state index in [9.17, 15) is 4.79 Å². The summed E-state index contributed by atoms with van der Waals surface area (Å²) in [7, 11) is 3.55. The Hall–Kier alpha value is -2.41. The van der Waals surface area contributed by atoms with Crippen LogP contribution >= 0.6 is 11.6 Å². The Morgan fingerprint density at radius 2 is 1.87 bits per heavy atom. The zero-order chi connectivity index (χ0) is 21.3. The molecule has 0 saturated carbocycles. The van der Waals surface area contributed by atoms with Crippen LogP contribution in [0.3, 0.4) is 0 Å². The molecule has 6 nitrogen and oxygen atoms in total. The Morgan fingerprint density at radius 3 is 2.57 bits per heavy atom. The predicted octanol–water partition coefficient (Wildman–Crippen LogP) is 3.70. The molecule has 4 rings (SSSR count). The van der Waals surface area contributed by atoms with Crippen LogP contribution in [-0.4, -0.2) is 72.4 Å². The van der Waals surface area contributed by atoms with Crippen LogP contribution in [0.5, 0.6) is 0 Å². The molecule has 1 aliphatic rings. The lowest BCUT2D eigenvalue weighted by atomic mass is 10.0. The molecule has 1 aromatic heterocycles. The highest BCUT2D eigenvalue weighted by molar-refractivity contribution is 6.33. The molecule has 2 aromatic carbocycles. The van der Waals surface area contributed by atoms with Crippen LogP contribution in [0.4, 0.5) is 0 Å². The molecular weight excluding hydrogens is 400 g/mol. The van der Waals surface area contributed by atoms with Gasteiger partial charge in [0.1, 0.15) is 0 Å². The Kier molecular flexibility index (Phi) is 6.09. The minimum absolute atomic E-state index is 0.364. The van der Waals surface area contributed by atoms with Gasteiger partial charge in [-0.1, -0.05) is 29.8 Å². The summed E-state index contributed by atoms with van der Waals surface area (Å²) in [6, 6.07) is 11.9. The van der Waals surface area contributed by atoms with Crippen LogP contribution in [-0.2, 0) is 11.3 Å². The molecule has 1 aliphatic heterocycles. The monoisotopic (exact) mass is 426 g/mol. The minimum atomic E-state index is -0.364. The number of benzene rings is 2. The molecule has 30 heavy (non-hydrogen) atoms. The van der Waals surface area contributed by atoms with Gasteiger partial charge in [-0.05, 0) is 43.3 Å². The first-order valence-electron chi connectivity index (χ1n) is 10.2. The maximum Gasteiger partial charge on any atom is 0.356 e. The van der Waals surface area contributed by atoms with Crippen LogP contribution in [0.2, 0.25) is 5.02 Å². The van der Waals surface area contributed by atoms with E-state index < -0.39 is 0 Å². The third-order valence-electron chi connectivity index (χ3n) is 5.78. The standard InChI is InChI=1S/C23H27ClN4O2/c1-16-4-6-18(20(24)14-16)17-5-7-19-21(15-17)25-28(22(19)23(29)30-3)13-12-27-10-8-26(2)9-11-27/h4-7,14-15H,8-13H2,1-3H3. The third kappa shape index (κ3) is 4.21. The van der Waals surface area contributed by atoms with Gasteiger partial charge in [0, 0.05) is 48.7 Å². The number of hydrogen-bond donors (Lipinski definition) is 0. The maximum atomic E-state index is 12.5. The average molecular weight is 427 g/mol. The molecule has 7 heteroatoms. The van der Waals surface area contributed by atoms with Gasteiger partial charge >= 0.3 is 5.97 Å². The zero-order valence-electron chi connectivity index (χ0n) is 17.7. The van der Waals surface area contributed by atoms with E-state index in [1.54, 1.807) is 4.68 Å². The van der Waals surface area contributed by atoms with Crippen molar-refractivity contribution >= 4 is 28.5 Å². The number of piperazine rings is 1. The van der Waals surface area contributed by atoms with E-state index in [-0.39, 0.29) is 5.97 Å². The molecule has 0 bridgehead atoms. The highest BCUT2D eigenvalue weighted by Crippen LogP contribution is 2.31. The van der Waals surface area contributed by atoms with E-state index in [1.807, 2.05) is 43.3 Å². The van der Waals surface area contributed by atoms with Crippen molar-refractivity contribution in [1.29, 1.82) is 0 Å². The van der Waals surface area contributed by atoms with E-state index in [4.69, 9.17) is 21.4 Å². The number of likely N-dealkylation sites (N-methyl/N-ethyl adjacent to an activating group) is 1. The first-order chi connectivity index (χ1) is 14.5. The van der Waals surface area contributed by atoms with E-state index in [0.29, 0.717) is 17.3 Å². The summed E-state index contributed by atoms with van der Waals surface area (Å²) in [4.78, 5) is 17.3. The van der Waals surface area contributed by atoms with E-state index >= 15 is 0 Å². The Morgan fingerprint density at radius 1 is 1.10 bits per heavy atom. The smallest absolute Gasteiger partial charge is 0.356 e. The normalized spacial score (nSPS) is 15.6. The number of carbonyl (C=O) groups is 1. The fourth-order valence-electron chi connectivity index (χ4n) is 3.94. The van der Waals surface area contributed by atoms with Crippen molar-refractivity contribution in [2.24, 2.45) is 0 Å². The number of carbonyl (C=O) groups excluding carboxylic acids is 1. The van der Waals surface area contributed by atoms with Crippen LogP contribution in [0.25, 0.3) is 22.0 Å². The number of fused-ring (bicyclic) bond motifs is 1. The molecular formula is C23H27ClN4O2. The van der Waals surface area contributed by atoms with Gasteiger partial charge in [0.05, 0.1) is 19.2 Å². The average Bonchev–Trinajstić information content (AvgIpc) is 3.10. The number of aromatic nitrogens is 2. The molecule has 158 valence electrons. The number of rotatable bonds is 5. The largest absolute Gasteiger partial charge is 0.464 e. The minimum Gasteiger partial charge on any atom is -0.464 e. The van der Waals surface area contributed by atoms with Crippen molar-refractivity contribution in [1.82, 2.24) is 19.6 Å². The summed E-state index contributed by atoms with van der Waals surface area (Å²) in [5, 5.41) is 6.25. The summed E-state index contributed by atoms with van der Waals surface area (Å²) in [5.74, 6) is -0.364. The Bertz CT molecular complexity index is 1070. The van der Waals surface area contributed by atoms with Crippen LogP contribution < -0.4 is 0 Å². The van der Waals surface area contributed by atoms with Gasteiger partial charge in [0.2, 0.25) is 0 Å². The fraction of sp³-hybridized carbons (Fsp3) is 0.391. The van der Waals surface area contributed by atoms with Crippen molar-refractivity contribution in [3.63, 3.8) is 0 Å². The number of halogens is 1. The SMILES string of the molecule is COC(=O)c1c2ccc(-c3ccc(C)cc3Cl)cc2nn1CCN1CCN(C)CC1. The summed E-state index contributed by atoms with van der Waals surface area (Å²) < 4.78 is 6.84. The molecule has 0 N–H and O–H groups in total.